The van der Waals surface area contributed by atoms with Crippen LogP contribution in [0.2, 0.25) is 0 Å². The zero-order valence-electron chi connectivity index (χ0n) is 34.5. The molecule has 312 valence electrons. The van der Waals surface area contributed by atoms with Crippen molar-refractivity contribution in [3.63, 3.8) is 0 Å². The molecule has 0 aromatic heterocycles. The van der Waals surface area contributed by atoms with Gasteiger partial charge in [0.1, 0.15) is 23.0 Å². The van der Waals surface area contributed by atoms with Gasteiger partial charge in [0.25, 0.3) is 0 Å². The van der Waals surface area contributed by atoms with E-state index in [1.54, 1.807) is 0 Å². The minimum atomic E-state index is -0.471. The van der Waals surface area contributed by atoms with Gasteiger partial charge in [0.2, 0.25) is 0 Å². The van der Waals surface area contributed by atoms with Crippen molar-refractivity contribution >= 4 is 63.7 Å². The van der Waals surface area contributed by atoms with Crippen molar-refractivity contribution in [3.8, 4) is 67.5 Å². The van der Waals surface area contributed by atoms with E-state index in [-0.39, 0.29) is 28.4 Å². The van der Waals surface area contributed by atoms with E-state index in [1.807, 2.05) is 146 Å². The van der Waals surface area contributed by atoms with Crippen LogP contribution in [0.15, 0.2) is 188 Å². The molecular formula is C54H44Br4O4. The Morgan fingerprint density at radius 2 is 0.484 bits per heavy atom. The SMILES string of the molecule is CC(C)(c1cc(-c2ccccc2)c(O)c(-c2ccccc2)c1)c1cc(-c2ccccc2)c(O)c(-c2ccccc2)c1.CC(C)(c1cc(Br)c(O)c(Br)c1)c1cc(Br)c(O)c(Br)c1. The molecule has 8 aromatic carbocycles. The van der Waals surface area contributed by atoms with Crippen LogP contribution in [0.5, 0.6) is 23.0 Å². The molecular weight excluding hydrogens is 1030 g/mol. The Labute approximate surface area is 397 Å². The van der Waals surface area contributed by atoms with Gasteiger partial charge in [-0.05, 0) is 157 Å². The summed E-state index contributed by atoms with van der Waals surface area (Å²) in [6.07, 6.45) is 0. The van der Waals surface area contributed by atoms with Gasteiger partial charge in [-0.3, -0.25) is 0 Å². The highest BCUT2D eigenvalue weighted by Gasteiger charge is 2.30. The van der Waals surface area contributed by atoms with Crippen molar-refractivity contribution in [2.24, 2.45) is 0 Å². The summed E-state index contributed by atoms with van der Waals surface area (Å²) in [5.41, 5.74) is 10.4. The number of phenolic OH excluding ortho intramolecular Hbond substituents is 4. The van der Waals surface area contributed by atoms with Crippen LogP contribution in [-0.4, -0.2) is 20.4 Å². The lowest BCUT2D eigenvalue weighted by Gasteiger charge is -2.30. The summed E-state index contributed by atoms with van der Waals surface area (Å²) in [6.45, 7) is 8.59. The summed E-state index contributed by atoms with van der Waals surface area (Å²) in [5, 5.41) is 42.8. The molecule has 4 nitrogen and oxygen atoms in total. The average Bonchev–Trinajstić information content (AvgIpc) is 3.28. The second-order valence-corrected chi connectivity index (χ2v) is 19.5. The molecule has 0 radical (unpaired) electrons. The van der Waals surface area contributed by atoms with Crippen LogP contribution < -0.4 is 0 Å². The van der Waals surface area contributed by atoms with Crippen molar-refractivity contribution in [2.75, 3.05) is 0 Å². The number of halogens is 4. The highest BCUT2D eigenvalue weighted by molar-refractivity contribution is 9.11. The van der Waals surface area contributed by atoms with E-state index < -0.39 is 5.41 Å². The molecule has 0 bridgehead atoms. The van der Waals surface area contributed by atoms with Gasteiger partial charge in [0, 0.05) is 33.1 Å². The molecule has 8 aromatic rings. The normalized spacial score (nSPS) is 11.5. The molecule has 0 aliphatic rings. The fraction of sp³-hybridized carbons (Fsp3) is 0.111. The molecule has 0 spiro atoms. The third kappa shape index (κ3) is 9.30. The summed E-state index contributed by atoms with van der Waals surface area (Å²) in [5.74, 6) is 0.899. The Morgan fingerprint density at radius 3 is 0.694 bits per heavy atom. The van der Waals surface area contributed by atoms with Gasteiger partial charge in [0.05, 0.1) is 17.9 Å². The topological polar surface area (TPSA) is 80.9 Å². The van der Waals surface area contributed by atoms with Crippen LogP contribution in [0, 0.1) is 0 Å². The fourth-order valence-electron chi connectivity index (χ4n) is 7.53. The quantitative estimate of drug-likeness (QED) is 0.122. The summed E-state index contributed by atoms with van der Waals surface area (Å²) in [6, 6.07) is 56.1. The van der Waals surface area contributed by atoms with E-state index in [1.165, 1.54) is 0 Å². The summed E-state index contributed by atoms with van der Waals surface area (Å²) in [7, 11) is 0. The van der Waals surface area contributed by atoms with Crippen LogP contribution in [0.3, 0.4) is 0 Å². The van der Waals surface area contributed by atoms with Gasteiger partial charge < -0.3 is 20.4 Å². The maximum atomic E-state index is 11.5. The van der Waals surface area contributed by atoms with Crippen molar-refractivity contribution < 1.29 is 20.4 Å². The van der Waals surface area contributed by atoms with Gasteiger partial charge >= 0.3 is 0 Å². The Morgan fingerprint density at radius 1 is 0.290 bits per heavy atom. The predicted molar refractivity (Wildman–Crippen MR) is 269 cm³/mol. The lowest BCUT2D eigenvalue weighted by Crippen LogP contribution is -2.19. The van der Waals surface area contributed by atoms with E-state index in [9.17, 15) is 20.4 Å². The lowest BCUT2D eigenvalue weighted by atomic mass is 9.74. The maximum Gasteiger partial charge on any atom is 0.143 e. The van der Waals surface area contributed by atoms with Crippen LogP contribution in [0.25, 0.3) is 44.5 Å². The molecule has 62 heavy (non-hydrogen) atoms. The molecule has 0 fully saturated rings. The molecule has 0 unspecified atom stereocenters. The summed E-state index contributed by atoms with van der Waals surface area (Å²) in [4.78, 5) is 0. The highest BCUT2D eigenvalue weighted by atomic mass is 79.9. The van der Waals surface area contributed by atoms with Gasteiger partial charge in [-0.2, -0.15) is 0 Å². The van der Waals surface area contributed by atoms with Crippen LogP contribution in [0.4, 0.5) is 0 Å². The Balaban J connectivity index is 0.000000232. The predicted octanol–water partition coefficient (Wildman–Crippen LogP) is 16.6. The second-order valence-electron chi connectivity index (χ2n) is 16.1. The minimum Gasteiger partial charge on any atom is -0.507 e. The first-order chi connectivity index (χ1) is 29.6. The third-order valence-corrected chi connectivity index (χ3v) is 13.9. The van der Waals surface area contributed by atoms with Gasteiger partial charge in [-0.15, -0.1) is 0 Å². The zero-order valence-corrected chi connectivity index (χ0v) is 40.8. The van der Waals surface area contributed by atoms with E-state index in [0.717, 1.165) is 66.8 Å². The molecule has 0 heterocycles. The average molecular weight is 1080 g/mol. The van der Waals surface area contributed by atoms with Crippen LogP contribution >= 0.6 is 63.7 Å². The van der Waals surface area contributed by atoms with E-state index >= 15 is 0 Å². The maximum absolute atomic E-state index is 11.5. The number of phenols is 4. The smallest absolute Gasteiger partial charge is 0.143 e. The first-order valence-electron chi connectivity index (χ1n) is 19.9. The van der Waals surface area contributed by atoms with E-state index in [0.29, 0.717) is 17.9 Å². The van der Waals surface area contributed by atoms with E-state index in [2.05, 4.69) is 116 Å². The summed E-state index contributed by atoms with van der Waals surface area (Å²) < 4.78 is 2.54. The lowest BCUT2D eigenvalue weighted by molar-refractivity contribution is 0.466. The number of benzene rings is 8. The Kier molecular flexibility index (Phi) is 13.5. The van der Waals surface area contributed by atoms with E-state index in [4.69, 9.17) is 0 Å². The van der Waals surface area contributed by atoms with Gasteiger partial charge in [0.15, 0.2) is 0 Å². The largest absolute Gasteiger partial charge is 0.507 e. The molecule has 0 atom stereocenters. The second kappa shape index (κ2) is 18.7. The molecule has 0 aliphatic heterocycles. The van der Waals surface area contributed by atoms with Crippen LogP contribution in [-0.2, 0) is 10.8 Å². The number of rotatable bonds is 8. The molecule has 8 rings (SSSR count). The fourth-order valence-corrected chi connectivity index (χ4v) is 9.90. The van der Waals surface area contributed by atoms with Crippen molar-refractivity contribution in [3.05, 3.63) is 210 Å². The summed E-state index contributed by atoms with van der Waals surface area (Å²) >= 11 is 13.5. The van der Waals surface area contributed by atoms with Crippen molar-refractivity contribution in [2.45, 2.75) is 38.5 Å². The first kappa shape index (κ1) is 44.9. The van der Waals surface area contributed by atoms with Gasteiger partial charge in [-0.1, -0.05) is 149 Å². The number of hydrogen-bond donors (Lipinski definition) is 4. The third-order valence-electron chi connectivity index (χ3n) is 11.5. The molecule has 0 saturated carbocycles. The monoisotopic (exact) mass is 1070 g/mol. The van der Waals surface area contributed by atoms with Crippen molar-refractivity contribution in [1.29, 1.82) is 0 Å². The van der Waals surface area contributed by atoms with Gasteiger partial charge in [-0.25, -0.2) is 0 Å². The molecule has 0 aliphatic carbocycles. The Hall–Kier alpha value is -5.12. The number of aromatic hydroxyl groups is 4. The van der Waals surface area contributed by atoms with Crippen LogP contribution in [0.1, 0.15) is 49.9 Å². The molecule has 0 saturated heterocycles. The molecule has 0 amide bonds. The highest BCUT2D eigenvalue weighted by Crippen LogP contribution is 2.48. The Bertz CT molecular complexity index is 2500. The number of hydrogen-bond acceptors (Lipinski definition) is 4. The molecule has 4 N–H and O–H groups in total. The standard InChI is InChI=1S/C39H32O2.C15H12Br4O2/c1-39(2,31-23-33(27-15-7-3-8-16-27)37(40)34(24-31)28-17-9-4-10-18-28)32-25-35(29-19-11-5-12-20-29)38(41)36(26-32)30-21-13-6-14-22-30;1-15(2,7-3-9(16)13(20)10(17)4-7)8-5-11(18)14(21)12(19)6-8/h3-26,40-41H,1-2H3;3-6,20-21H,1-2H3. The first-order valence-corrected chi connectivity index (χ1v) is 23.1. The minimum absolute atomic E-state index is 0.183. The molecule has 8 heteroatoms. The zero-order chi connectivity index (χ0) is 44.3. The van der Waals surface area contributed by atoms with Crippen molar-refractivity contribution in [1.82, 2.24) is 0 Å².